The van der Waals surface area contributed by atoms with Crippen LogP contribution in [0.4, 0.5) is 0 Å². The lowest BCUT2D eigenvalue weighted by Crippen LogP contribution is -2.51. The first kappa shape index (κ1) is 22.4. The molecule has 0 aromatic heterocycles. The van der Waals surface area contributed by atoms with E-state index in [0.717, 1.165) is 18.4 Å². The summed E-state index contributed by atoms with van der Waals surface area (Å²) in [5.74, 6) is 0. The highest BCUT2D eigenvalue weighted by molar-refractivity contribution is 5.34. The van der Waals surface area contributed by atoms with E-state index in [1.165, 1.54) is 77.0 Å². The maximum absolute atomic E-state index is 10.6. The Bertz CT molecular complexity index is 404. The molecule has 0 heterocycles. The fourth-order valence-electron chi connectivity index (χ4n) is 3.66. The van der Waals surface area contributed by atoms with Crippen LogP contribution in [0.15, 0.2) is 23.8 Å². The van der Waals surface area contributed by atoms with Gasteiger partial charge in [0.05, 0.1) is 0 Å². The Kier molecular flexibility index (Phi) is 10.7. The van der Waals surface area contributed by atoms with Gasteiger partial charge in [0, 0.05) is 0 Å². The van der Waals surface area contributed by atoms with Gasteiger partial charge in [0.15, 0.2) is 0 Å². The summed E-state index contributed by atoms with van der Waals surface area (Å²) in [7, 11) is 0. The summed E-state index contributed by atoms with van der Waals surface area (Å²) in [6, 6.07) is 0. The van der Waals surface area contributed by atoms with E-state index in [9.17, 15) is 10.2 Å². The summed E-state index contributed by atoms with van der Waals surface area (Å²) < 4.78 is 0. The number of hydrogen-bond donors (Lipinski definition) is 2. The molecule has 0 radical (unpaired) electrons. The van der Waals surface area contributed by atoms with Gasteiger partial charge in [-0.15, -0.1) is 0 Å². The van der Waals surface area contributed by atoms with E-state index in [4.69, 9.17) is 0 Å². The Morgan fingerprint density at radius 1 is 0.720 bits per heavy atom. The maximum Gasteiger partial charge on any atom is 0.115 e. The van der Waals surface area contributed by atoms with Crippen LogP contribution in [-0.4, -0.2) is 21.4 Å². The molecule has 0 spiro atoms. The largest absolute Gasteiger partial charge is 0.383 e. The second-order valence-electron chi connectivity index (χ2n) is 8.26. The lowest BCUT2D eigenvalue weighted by molar-refractivity contribution is -0.0794. The van der Waals surface area contributed by atoms with Crippen LogP contribution in [-0.2, 0) is 0 Å². The van der Waals surface area contributed by atoms with E-state index >= 15 is 0 Å². The summed E-state index contributed by atoms with van der Waals surface area (Å²) in [6.07, 6.45) is 23.9. The van der Waals surface area contributed by atoms with Crippen molar-refractivity contribution in [2.24, 2.45) is 0 Å². The standard InChI is InChI=1S/C23H42O2/c1-4-5-6-7-8-9-10-11-12-13-14-15-16-18-21-19-17-20-22(2,24)23(21,3)25/h17,19-20,24-25H,4-16,18H2,1-3H3. The molecule has 2 atom stereocenters. The van der Waals surface area contributed by atoms with Crippen molar-refractivity contribution in [3.8, 4) is 0 Å². The average Bonchev–Trinajstić information content (AvgIpc) is 2.56. The third-order valence-corrected chi connectivity index (χ3v) is 5.88. The van der Waals surface area contributed by atoms with Crippen molar-refractivity contribution in [3.05, 3.63) is 23.8 Å². The Morgan fingerprint density at radius 3 is 1.64 bits per heavy atom. The van der Waals surface area contributed by atoms with Gasteiger partial charge < -0.3 is 10.2 Å². The summed E-state index contributed by atoms with van der Waals surface area (Å²) in [5.41, 5.74) is -1.34. The van der Waals surface area contributed by atoms with Crippen LogP contribution in [0.2, 0.25) is 0 Å². The quantitative estimate of drug-likeness (QED) is 0.353. The second-order valence-corrected chi connectivity index (χ2v) is 8.26. The molecule has 0 saturated heterocycles. The van der Waals surface area contributed by atoms with Gasteiger partial charge in [0.25, 0.3) is 0 Å². The van der Waals surface area contributed by atoms with E-state index < -0.39 is 11.2 Å². The molecule has 0 aliphatic heterocycles. The molecular weight excluding hydrogens is 308 g/mol. The minimum atomic E-state index is -1.16. The molecule has 1 rings (SSSR count). The fourth-order valence-corrected chi connectivity index (χ4v) is 3.66. The number of unbranched alkanes of at least 4 members (excludes halogenated alkanes) is 12. The minimum absolute atomic E-state index is 0.880. The molecule has 2 nitrogen and oxygen atoms in total. The highest BCUT2D eigenvalue weighted by atomic mass is 16.4. The van der Waals surface area contributed by atoms with Crippen LogP contribution in [0.5, 0.6) is 0 Å². The summed E-state index contributed by atoms with van der Waals surface area (Å²) in [5, 5.41) is 20.9. The molecule has 2 unspecified atom stereocenters. The van der Waals surface area contributed by atoms with Gasteiger partial charge in [-0.3, -0.25) is 0 Å². The first-order chi connectivity index (χ1) is 11.9. The summed E-state index contributed by atoms with van der Waals surface area (Å²) >= 11 is 0. The van der Waals surface area contributed by atoms with Crippen LogP contribution in [0, 0.1) is 0 Å². The molecule has 0 aromatic carbocycles. The van der Waals surface area contributed by atoms with Crippen molar-refractivity contribution in [1.82, 2.24) is 0 Å². The van der Waals surface area contributed by atoms with Gasteiger partial charge in [-0.1, -0.05) is 102 Å². The fraction of sp³-hybridized carbons (Fsp3) is 0.826. The van der Waals surface area contributed by atoms with E-state index in [2.05, 4.69) is 6.92 Å². The third-order valence-electron chi connectivity index (χ3n) is 5.88. The smallest absolute Gasteiger partial charge is 0.115 e. The number of rotatable bonds is 14. The van der Waals surface area contributed by atoms with E-state index in [1.807, 2.05) is 12.2 Å². The van der Waals surface area contributed by atoms with Crippen LogP contribution in [0.1, 0.15) is 111 Å². The normalized spacial score (nSPS) is 26.0. The number of aliphatic hydroxyl groups is 2. The molecule has 146 valence electrons. The molecule has 25 heavy (non-hydrogen) atoms. The van der Waals surface area contributed by atoms with Crippen molar-refractivity contribution >= 4 is 0 Å². The van der Waals surface area contributed by atoms with E-state index in [-0.39, 0.29) is 0 Å². The zero-order valence-corrected chi connectivity index (χ0v) is 17.0. The molecule has 1 aliphatic rings. The van der Waals surface area contributed by atoms with Crippen molar-refractivity contribution < 1.29 is 10.2 Å². The predicted molar refractivity (Wildman–Crippen MR) is 109 cm³/mol. The van der Waals surface area contributed by atoms with E-state index in [0.29, 0.717) is 0 Å². The molecular formula is C23H42O2. The Balaban J connectivity index is 1.97. The van der Waals surface area contributed by atoms with Gasteiger partial charge in [-0.05, 0) is 32.3 Å². The van der Waals surface area contributed by atoms with Gasteiger partial charge in [0.1, 0.15) is 11.2 Å². The highest BCUT2D eigenvalue weighted by Gasteiger charge is 2.43. The first-order valence-corrected chi connectivity index (χ1v) is 10.8. The summed E-state index contributed by atoms with van der Waals surface area (Å²) in [6.45, 7) is 5.68. The van der Waals surface area contributed by atoms with Crippen LogP contribution in [0.3, 0.4) is 0 Å². The van der Waals surface area contributed by atoms with Crippen LogP contribution < -0.4 is 0 Å². The SMILES string of the molecule is CCCCCCCCCCCCCCCC1=CC=CC(C)(O)C1(C)O. The maximum atomic E-state index is 10.6. The highest BCUT2D eigenvalue weighted by Crippen LogP contribution is 2.36. The van der Waals surface area contributed by atoms with Crippen molar-refractivity contribution in [2.75, 3.05) is 0 Å². The average molecular weight is 351 g/mol. The zero-order valence-electron chi connectivity index (χ0n) is 17.0. The van der Waals surface area contributed by atoms with E-state index in [1.54, 1.807) is 19.9 Å². The third kappa shape index (κ3) is 8.09. The molecule has 0 aromatic rings. The minimum Gasteiger partial charge on any atom is -0.383 e. The lowest BCUT2D eigenvalue weighted by Gasteiger charge is -2.40. The van der Waals surface area contributed by atoms with Crippen LogP contribution in [0.25, 0.3) is 0 Å². The Labute approximate surface area is 156 Å². The molecule has 0 amide bonds. The zero-order chi connectivity index (χ0) is 18.6. The molecule has 2 heteroatoms. The Hall–Kier alpha value is -0.600. The van der Waals surface area contributed by atoms with Crippen molar-refractivity contribution in [1.29, 1.82) is 0 Å². The van der Waals surface area contributed by atoms with Gasteiger partial charge in [-0.25, -0.2) is 0 Å². The summed E-state index contributed by atoms with van der Waals surface area (Å²) in [4.78, 5) is 0. The topological polar surface area (TPSA) is 40.5 Å². The predicted octanol–water partition coefficient (Wildman–Crippen LogP) is 6.47. The van der Waals surface area contributed by atoms with Gasteiger partial charge in [-0.2, -0.15) is 0 Å². The molecule has 2 N–H and O–H groups in total. The lowest BCUT2D eigenvalue weighted by atomic mass is 9.75. The molecule has 0 fully saturated rings. The van der Waals surface area contributed by atoms with Crippen LogP contribution >= 0.6 is 0 Å². The van der Waals surface area contributed by atoms with Crippen molar-refractivity contribution in [2.45, 2.75) is 122 Å². The second kappa shape index (κ2) is 11.9. The number of hydrogen-bond acceptors (Lipinski definition) is 2. The Morgan fingerprint density at radius 2 is 1.16 bits per heavy atom. The van der Waals surface area contributed by atoms with Crippen molar-refractivity contribution in [3.63, 3.8) is 0 Å². The monoisotopic (exact) mass is 350 g/mol. The molecule has 0 saturated carbocycles. The molecule has 1 aliphatic carbocycles. The van der Waals surface area contributed by atoms with Gasteiger partial charge >= 0.3 is 0 Å². The number of allylic oxidation sites excluding steroid dienone is 2. The first-order valence-electron chi connectivity index (χ1n) is 10.8. The molecule has 0 bridgehead atoms. The van der Waals surface area contributed by atoms with Gasteiger partial charge in [0.2, 0.25) is 0 Å².